The summed E-state index contributed by atoms with van der Waals surface area (Å²) in [6.07, 6.45) is 1.89. The fraction of sp³-hybridized carbons (Fsp3) is 0.154. The van der Waals surface area contributed by atoms with Crippen LogP contribution in [0.1, 0.15) is 21.6 Å². The fourth-order valence-corrected chi connectivity index (χ4v) is 4.11. The first-order valence-corrected chi connectivity index (χ1v) is 10.8. The van der Waals surface area contributed by atoms with Crippen LogP contribution in [0.4, 0.5) is 0 Å². The van der Waals surface area contributed by atoms with Gasteiger partial charge in [0, 0.05) is 47.2 Å². The number of nitrogens with one attached hydrogen (secondary N) is 2. The molecule has 2 aromatic carbocycles. The van der Waals surface area contributed by atoms with Gasteiger partial charge in [0.25, 0.3) is 11.5 Å². The summed E-state index contributed by atoms with van der Waals surface area (Å²) in [5, 5.41) is 8.86. The summed E-state index contributed by atoms with van der Waals surface area (Å²) in [6, 6.07) is 16.5. The SMILES string of the molecule is COc1ccc2[nH]c(=O)c(CNC(=O)c3cc(-c4cn(C)nc4C)nc4ccccc34)cc2c1. The predicted octanol–water partition coefficient (Wildman–Crippen LogP) is 3.72. The average Bonchev–Trinajstić information content (AvgIpc) is 3.19. The average molecular weight is 454 g/mol. The second kappa shape index (κ2) is 8.47. The zero-order valence-electron chi connectivity index (χ0n) is 19.0. The third kappa shape index (κ3) is 3.90. The van der Waals surface area contributed by atoms with Gasteiger partial charge in [-0.05, 0) is 43.3 Å². The molecule has 0 aliphatic carbocycles. The van der Waals surface area contributed by atoms with Crippen LogP contribution in [-0.2, 0) is 13.6 Å². The van der Waals surface area contributed by atoms with E-state index in [4.69, 9.17) is 9.72 Å². The van der Waals surface area contributed by atoms with Crippen molar-refractivity contribution in [2.45, 2.75) is 13.5 Å². The summed E-state index contributed by atoms with van der Waals surface area (Å²) in [4.78, 5) is 33.5. The molecule has 0 fully saturated rings. The first kappa shape index (κ1) is 21.4. The van der Waals surface area contributed by atoms with Crippen molar-refractivity contribution >= 4 is 27.7 Å². The highest BCUT2D eigenvalue weighted by Gasteiger charge is 2.16. The van der Waals surface area contributed by atoms with Crippen LogP contribution in [0.15, 0.2) is 65.6 Å². The van der Waals surface area contributed by atoms with E-state index in [1.54, 1.807) is 36.1 Å². The molecule has 0 atom stereocenters. The molecule has 0 saturated heterocycles. The number of carbonyl (C=O) groups excluding carboxylic acids is 1. The van der Waals surface area contributed by atoms with Crippen LogP contribution in [0.5, 0.6) is 5.75 Å². The lowest BCUT2D eigenvalue weighted by atomic mass is 10.0. The van der Waals surface area contributed by atoms with E-state index in [-0.39, 0.29) is 18.0 Å². The quantitative estimate of drug-likeness (QED) is 0.422. The number of hydrogen-bond donors (Lipinski definition) is 2. The molecule has 0 spiro atoms. The Morgan fingerprint density at radius 1 is 1.15 bits per heavy atom. The zero-order chi connectivity index (χ0) is 23.8. The number of nitrogens with zero attached hydrogens (tertiary/aromatic N) is 3. The topological polar surface area (TPSA) is 102 Å². The fourth-order valence-electron chi connectivity index (χ4n) is 4.11. The Balaban J connectivity index is 1.50. The lowest BCUT2D eigenvalue weighted by molar-refractivity contribution is 0.0952. The number of methoxy groups -OCH3 is 1. The first-order valence-electron chi connectivity index (χ1n) is 10.8. The van der Waals surface area contributed by atoms with E-state index < -0.39 is 0 Å². The number of pyridine rings is 2. The minimum atomic E-state index is -0.286. The highest BCUT2D eigenvalue weighted by molar-refractivity contribution is 6.07. The summed E-state index contributed by atoms with van der Waals surface area (Å²) in [5.41, 5.74) is 4.48. The van der Waals surface area contributed by atoms with Crippen molar-refractivity contribution in [2.24, 2.45) is 7.05 Å². The van der Waals surface area contributed by atoms with Crippen molar-refractivity contribution in [3.63, 3.8) is 0 Å². The molecular formula is C26H23N5O3. The van der Waals surface area contributed by atoms with Crippen LogP contribution in [0, 0.1) is 6.92 Å². The van der Waals surface area contributed by atoms with Gasteiger partial charge in [-0.25, -0.2) is 4.98 Å². The normalized spacial score (nSPS) is 11.1. The monoisotopic (exact) mass is 453 g/mol. The number of ether oxygens (including phenoxy) is 1. The summed E-state index contributed by atoms with van der Waals surface area (Å²) in [7, 11) is 3.44. The molecule has 0 saturated carbocycles. The van der Waals surface area contributed by atoms with Crippen LogP contribution in [0.2, 0.25) is 0 Å². The lowest BCUT2D eigenvalue weighted by Gasteiger charge is -2.11. The van der Waals surface area contributed by atoms with Crippen molar-refractivity contribution in [3.05, 3.63) is 88.0 Å². The van der Waals surface area contributed by atoms with Gasteiger partial charge in [0.15, 0.2) is 0 Å². The van der Waals surface area contributed by atoms with Gasteiger partial charge < -0.3 is 15.0 Å². The number of aromatic amines is 1. The van der Waals surface area contributed by atoms with Gasteiger partial charge in [0.2, 0.25) is 0 Å². The van der Waals surface area contributed by atoms with E-state index in [1.807, 2.05) is 50.5 Å². The smallest absolute Gasteiger partial charge is 0.253 e. The van der Waals surface area contributed by atoms with Gasteiger partial charge in [-0.15, -0.1) is 0 Å². The van der Waals surface area contributed by atoms with E-state index in [0.717, 1.165) is 22.0 Å². The van der Waals surface area contributed by atoms with Gasteiger partial charge in [-0.3, -0.25) is 14.3 Å². The van der Waals surface area contributed by atoms with E-state index >= 15 is 0 Å². The van der Waals surface area contributed by atoms with Crippen molar-refractivity contribution < 1.29 is 9.53 Å². The summed E-state index contributed by atoms with van der Waals surface area (Å²) in [6.45, 7) is 1.99. The van der Waals surface area contributed by atoms with Gasteiger partial charge >= 0.3 is 0 Å². The third-order valence-electron chi connectivity index (χ3n) is 5.82. The third-order valence-corrected chi connectivity index (χ3v) is 5.82. The molecule has 5 aromatic rings. The van der Waals surface area contributed by atoms with Gasteiger partial charge in [-0.1, -0.05) is 18.2 Å². The largest absolute Gasteiger partial charge is 0.497 e. The number of aromatic nitrogens is 4. The van der Waals surface area contributed by atoms with Crippen LogP contribution in [0.25, 0.3) is 33.1 Å². The van der Waals surface area contributed by atoms with Crippen molar-refractivity contribution in [1.29, 1.82) is 0 Å². The van der Waals surface area contributed by atoms with Crippen LogP contribution in [0.3, 0.4) is 0 Å². The predicted molar refractivity (Wildman–Crippen MR) is 131 cm³/mol. The van der Waals surface area contributed by atoms with E-state index in [2.05, 4.69) is 15.4 Å². The molecule has 3 heterocycles. The summed E-state index contributed by atoms with van der Waals surface area (Å²) >= 11 is 0. The molecule has 0 aliphatic rings. The number of carbonyl (C=O) groups is 1. The Morgan fingerprint density at radius 2 is 1.97 bits per heavy atom. The number of fused-ring (bicyclic) bond motifs is 2. The van der Waals surface area contributed by atoms with Crippen molar-refractivity contribution in [1.82, 2.24) is 25.1 Å². The van der Waals surface area contributed by atoms with Gasteiger partial charge in [-0.2, -0.15) is 5.10 Å². The molecule has 1 amide bonds. The molecule has 0 bridgehead atoms. The highest BCUT2D eigenvalue weighted by atomic mass is 16.5. The number of hydrogen-bond acceptors (Lipinski definition) is 5. The van der Waals surface area contributed by atoms with Crippen LogP contribution >= 0.6 is 0 Å². The minimum absolute atomic E-state index is 0.0826. The molecule has 170 valence electrons. The second-order valence-corrected chi connectivity index (χ2v) is 8.13. The Labute approximate surface area is 195 Å². The Bertz CT molecular complexity index is 1620. The number of H-pyrrole nitrogens is 1. The van der Waals surface area contributed by atoms with E-state index in [0.29, 0.717) is 33.6 Å². The number of amides is 1. The maximum atomic E-state index is 13.3. The minimum Gasteiger partial charge on any atom is -0.497 e. The molecule has 8 heteroatoms. The maximum absolute atomic E-state index is 13.3. The van der Waals surface area contributed by atoms with Crippen molar-refractivity contribution in [3.8, 4) is 17.0 Å². The Hall–Kier alpha value is -4.46. The van der Waals surface area contributed by atoms with Crippen molar-refractivity contribution in [2.75, 3.05) is 7.11 Å². The van der Waals surface area contributed by atoms with Crippen LogP contribution < -0.4 is 15.6 Å². The molecule has 3 aromatic heterocycles. The number of rotatable bonds is 5. The zero-order valence-corrected chi connectivity index (χ0v) is 19.0. The number of benzene rings is 2. The molecule has 0 radical (unpaired) electrons. The standard InChI is InChI=1S/C26H23N5O3/c1-15-21(14-31(2)30-15)24-12-20(19-6-4-5-7-23(19)28-24)26(33)27-13-17-10-16-11-18(34-3)8-9-22(16)29-25(17)32/h4-12,14H,13H2,1-3H3,(H,27,33)(H,29,32). The van der Waals surface area contributed by atoms with E-state index in [1.165, 1.54) is 0 Å². The Kier molecular flexibility index (Phi) is 5.33. The number of para-hydroxylation sites is 1. The molecule has 2 N–H and O–H groups in total. The molecule has 0 aliphatic heterocycles. The lowest BCUT2D eigenvalue weighted by Crippen LogP contribution is -2.27. The van der Waals surface area contributed by atoms with Gasteiger partial charge in [0.05, 0.1) is 29.6 Å². The molecule has 5 rings (SSSR count). The van der Waals surface area contributed by atoms with Gasteiger partial charge in [0.1, 0.15) is 5.75 Å². The maximum Gasteiger partial charge on any atom is 0.253 e. The molecule has 8 nitrogen and oxygen atoms in total. The molecular weight excluding hydrogens is 430 g/mol. The molecule has 0 unspecified atom stereocenters. The van der Waals surface area contributed by atoms with E-state index in [9.17, 15) is 9.59 Å². The summed E-state index contributed by atoms with van der Waals surface area (Å²) in [5.74, 6) is 0.405. The first-order chi connectivity index (χ1) is 16.4. The highest BCUT2D eigenvalue weighted by Crippen LogP contribution is 2.26. The summed E-state index contributed by atoms with van der Waals surface area (Å²) < 4.78 is 7.00. The van der Waals surface area contributed by atoms with Crippen LogP contribution in [-0.4, -0.2) is 32.8 Å². The molecule has 34 heavy (non-hydrogen) atoms. The second-order valence-electron chi connectivity index (χ2n) is 8.13. The Morgan fingerprint density at radius 3 is 2.74 bits per heavy atom. The number of aryl methyl sites for hydroxylation is 2.